The Morgan fingerprint density at radius 3 is 2.67 bits per heavy atom. The molecule has 1 N–H and O–H groups in total. The predicted octanol–water partition coefficient (Wildman–Crippen LogP) is 2.98. The van der Waals surface area contributed by atoms with Crippen LogP contribution >= 0.6 is 0 Å². The number of nitrogens with one attached hydrogen (secondary N) is 1. The van der Waals surface area contributed by atoms with E-state index in [1.807, 2.05) is 18.2 Å². The number of hydrogen-bond donors (Lipinski definition) is 1. The summed E-state index contributed by atoms with van der Waals surface area (Å²) in [6, 6.07) is 8.18. The molecule has 2 rings (SSSR count). The van der Waals surface area contributed by atoms with E-state index in [0.29, 0.717) is 0 Å². The van der Waals surface area contributed by atoms with Crippen LogP contribution in [-0.2, 0) is 0 Å². The molecule has 0 aromatic heterocycles. The molecular formula is C15H24N2O. The number of benzene rings is 1. The minimum absolute atomic E-state index is 0.214. The zero-order valence-electron chi connectivity index (χ0n) is 11.5. The summed E-state index contributed by atoms with van der Waals surface area (Å²) in [5.41, 5.74) is 1.10. The summed E-state index contributed by atoms with van der Waals surface area (Å²) < 4.78 is 5.79. The third-order valence-electron chi connectivity index (χ3n) is 3.19. The quantitative estimate of drug-likeness (QED) is 0.837. The van der Waals surface area contributed by atoms with Crippen molar-refractivity contribution in [3.8, 4) is 5.75 Å². The Morgan fingerprint density at radius 2 is 1.94 bits per heavy atom. The molecule has 0 aliphatic carbocycles. The van der Waals surface area contributed by atoms with E-state index >= 15 is 0 Å². The van der Waals surface area contributed by atoms with E-state index in [-0.39, 0.29) is 6.10 Å². The van der Waals surface area contributed by atoms with Gasteiger partial charge in [-0.25, -0.2) is 0 Å². The van der Waals surface area contributed by atoms with E-state index in [4.69, 9.17) is 4.74 Å². The summed E-state index contributed by atoms with van der Waals surface area (Å²) in [5, 5.41) is 3.48. The minimum atomic E-state index is 0.214. The van der Waals surface area contributed by atoms with Crippen LogP contribution in [0.15, 0.2) is 24.3 Å². The van der Waals surface area contributed by atoms with Crippen molar-refractivity contribution in [2.45, 2.75) is 32.8 Å². The third kappa shape index (κ3) is 3.91. The van der Waals surface area contributed by atoms with Crippen LogP contribution in [0.25, 0.3) is 0 Å². The molecule has 18 heavy (non-hydrogen) atoms. The molecule has 1 heterocycles. The van der Waals surface area contributed by atoms with E-state index in [0.717, 1.165) is 24.5 Å². The molecule has 3 nitrogen and oxygen atoms in total. The molecule has 1 aliphatic rings. The number of likely N-dealkylation sites (tertiary alicyclic amines) is 1. The molecule has 1 aliphatic heterocycles. The summed E-state index contributed by atoms with van der Waals surface area (Å²) in [4.78, 5) is 2.51. The van der Waals surface area contributed by atoms with E-state index in [1.165, 1.54) is 25.9 Å². The monoisotopic (exact) mass is 248 g/mol. The zero-order chi connectivity index (χ0) is 12.8. The number of rotatable bonds is 6. The summed E-state index contributed by atoms with van der Waals surface area (Å²) >= 11 is 0. The van der Waals surface area contributed by atoms with Crippen LogP contribution < -0.4 is 10.1 Å². The first-order valence-corrected chi connectivity index (χ1v) is 6.97. The Kier molecular flexibility index (Phi) is 4.88. The number of nitrogens with zero attached hydrogens (tertiary/aromatic N) is 1. The highest BCUT2D eigenvalue weighted by Crippen LogP contribution is 2.24. The maximum atomic E-state index is 5.79. The van der Waals surface area contributed by atoms with E-state index in [2.05, 4.69) is 30.1 Å². The molecule has 0 saturated carbocycles. The average molecular weight is 248 g/mol. The Hall–Kier alpha value is -1.22. The van der Waals surface area contributed by atoms with E-state index in [1.54, 1.807) is 0 Å². The van der Waals surface area contributed by atoms with Crippen LogP contribution in [0, 0.1) is 0 Å². The highest BCUT2D eigenvalue weighted by molar-refractivity contribution is 5.56. The zero-order valence-corrected chi connectivity index (χ0v) is 11.5. The van der Waals surface area contributed by atoms with Crippen LogP contribution in [0.3, 0.4) is 0 Å². The fraction of sp³-hybridized carbons (Fsp3) is 0.600. The van der Waals surface area contributed by atoms with Gasteiger partial charge in [0.25, 0.3) is 0 Å². The predicted molar refractivity (Wildman–Crippen MR) is 76.4 cm³/mol. The van der Waals surface area contributed by atoms with Gasteiger partial charge in [-0.2, -0.15) is 0 Å². The number of ether oxygens (including phenoxy) is 1. The SMILES string of the molecule is CC(C)Oc1ccccc1NCCN1CCCC1. The van der Waals surface area contributed by atoms with Gasteiger partial charge in [0.2, 0.25) is 0 Å². The molecule has 0 spiro atoms. The van der Waals surface area contributed by atoms with Crippen molar-refractivity contribution >= 4 is 5.69 Å². The lowest BCUT2D eigenvalue weighted by molar-refractivity contribution is 0.243. The fourth-order valence-corrected chi connectivity index (χ4v) is 2.32. The highest BCUT2D eigenvalue weighted by atomic mass is 16.5. The van der Waals surface area contributed by atoms with Crippen LogP contribution in [0.5, 0.6) is 5.75 Å². The first-order chi connectivity index (χ1) is 8.75. The van der Waals surface area contributed by atoms with E-state index in [9.17, 15) is 0 Å². The summed E-state index contributed by atoms with van der Waals surface area (Å²) in [5.74, 6) is 0.953. The maximum absolute atomic E-state index is 5.79. The summed E-state index contributed by atoms with van der Waals surface area (Å²) in [6.45, 7) is 8.73. The first kappa shape index (κ1) is 13.2. The fourth-order valence-electron chi connectivity index (χ4n) is 2.32. The lowest BCUT2D eigenvalue weighted by Gasteiger charge is -2.18. The van der Waals surface area contributed by atoms with Crippen molar-refractivity contribution in [2.24, 2.45) is 0 Å². The maximum Gasteiger partial charge on any atom is 0.142 e. The van der Waals surface area contributed by atoms with Crippen LogP contribution in [-0.4, -0.2) is 37.2 Å². The topological polar surface area (TPSA) is 24.5 Å². The molecule has 0 amide bonds. The molecule has 100 valence electrons. The Morgan fingerprint density at radius 1 is 1.22 bits per heavy atom. The second-order valence-electron chi connectivity index (χ2n) is 5.14. The van der Waals surface area contributed by atoms with Crippen molar-refractivity contribution in [1.29, 1.82) is 0 Å². The molecule has 0 radical (unpaired) electrons. The van der Waals surface area contributed by atoms with Crippen molar-refractivity contribution in [3.05, 3.63) is 24.3 Å². The van der Waals surface area contributed by atoms with Crippen molar-refractivity contribution < 1.29 is 4.74 Å². The second-order valence-corrected chi connectivity index (χ2v) is 5.14. The first-order valence-electron chi connectivity index (χ1n) is 6.97. The normalized spacial score (nSPS) is 16.2. The van der Waals surface area contributed by atoms with Crippen molar-refractivity contribution in [3.63, 3.8) is 0 Å². The summed E-state index contributed by atoms with van der Waals surface area (Å²) in [6.07, 6.45) is 2.92. The Balaban J connectivity index is 1.83. The van der Waals surface area contributed by atoms with Crippen molar-refractivity contribution in [1.82, 2.24) is 4.90 Å². The molecule has 1 fully saturated rings. The van der Waals surface area contributed by atoms with E-state index < -0.39 is 0 Å². The average Bonchev–Trinajstić information content (AvgIpc) is 2.84. The minimum Gasteiger partial charge on any atom is -0.489 e. The van der Waals surface area contributed by atoms with Crippen LogP contribution in [0.1, 0.15) is 26.7 Å². The Labute approximate surface area is 110 Å². The number of hydrogen-bond acceptors (Lipinski definition) is 3. The van der Waals surface area contributed by atoms with Gasteiger partial charge in [-0.3, -0.25) is 0 Å². The molecular weight excluding hydrogens is 224 g/mol. The summed E-state index contributed by atoms with van der Waals surface area (Å²) in [7, 11) is 0. The molecule has 1 aromatic carbocycles. The van der Waals surface area contributed by atoms with Gasteiger partial charge in [-0.05, 0) is 51.9 Å². The van der Waals surface area contributed by atoms with Gasteiger partial charge >= 0.3 is 0 Å². The second kappa shape index (κ2) is 6.64. The molecule has 1 saturated heterocycles. The molecule has 3 heteroatoms. The number of anilines is 1. The van der Waals surface area contributed by atoms with Gasteiger partial charge in [0.1, 0.15) is 5.75 Å². The van der Waals surface area contributed by atoms with Gasteiger partial charge in [-0.15, -0.1) is 0 Å². The smallest absolute Gasteiger partial charge is 0.142 e. The van der Waals surface area contributed by atoms with Crippen LogP contribution in [0.2, 0.25) is 0 Å². The molecule has 0 bridgehead atoms. The Bertz CT molecular complexity index is 359. The van der Waals surface area contributed by atoms with Gasteiger partial charge in [0.05, 0.1) is 11.8 Å². The standard InChI is InChI=1S/C15H24N2O/c1-13(2)18-15-8-4-3-7-14(15)16-9-12-17-10-5-6-11-17/h3-4,7-8,13,16H,5-6,9-12H2,1-2H3. The lowest BCUT2D eigenvalue weighted by atomic mass is 10.3. The van der Waals surface area contributed by atoms with Crippen molar-refractivity contribution in [2.75, 3.05) is 31.5 Å². The third-order valence-corrected chi connectivity index (χ3v) is 3.19. The molecule has 1 aromatic rings. The van der Waals surface area contributed by atoms with Crippen LogP contribution in [0.4, 0.5) is 5.69 Å². The molecule has 0 unspecified atom stereocenters. The van der Waals surface area contributed by atoms with Gasteiger partial charge in [0, 0.05) is 13.1 Å². The lowest BCUT2D eigenvalue weighted by Crippen LogP contribution is -2.26. The van der Waals surface area contributed by atoms with Gasteiger partial charge in [-0.1, -0.05) is 12.1 Å². The highest BCUT2D eigenvalue weighted by Gasteiger charge is 2.11. The van der Waals surface area contributed by atoms with Gasteiger partial charge in [0.15, 0.2) is 0 Å². The van der Waals surface area contributed by atoms with Gasteiger partial charge < -0.3 is 15.0 Å². The number of para-hydroxylation sites is 2. The molecule has 0 atom stereocenters. The largest absolute Gasteiger partial charge is 0.489 e.